The van der Waals surface area contributed by atoms with Crippen molar-refractivity contribution in [3.05, 3.63) is 54.7 Å². The van der Waals surface area contributed by atoms with Crippen LogP contribution in [0.4, 0.5) is 0 Å². The van der Waals surface area contributed by atoms with Gasteiger partial charge in [0.2, 0.25) is 0 Å². The van der Waals surface area contributed by atoms with Gasteiger partial charge in [0.1, 0.15) is 11.5 Å². The Kier molecular flexibility index (Phi) is 5.37. The molecular formula is C19H21NO2. The molecule has 0 N–H and O–H groups in total. The third-order valence-electron chi connectivity index (χ3n) is 3.31. The van der Waals surface area contributed by atoms with Crippen molar-refractivity contribution in [2.45, 2.75) is 13.8 Å². The van der Waals surface area contributed by atoms with E-state index in [2.05, 4.69) is 11.1 Å². The Morgan fingerprint density at radius 3 is 2.00 bits per heavy atom. The summed E-state index contributed by atoms with van der Waals surface area (Å²) in [6.07, 6.45) is 1.88. The van der Waals surface area contributed by atoms with Crippen molar-refractivity contribution in [3.63, 3.8) is 0 Å². The monoisotopic (exact) mass is 295 g/mol. The van der Waals surface area contributed by atoms with Gasteiger partial charge in [-0.15, -0.1) is 0 Å². The average Bonchev–Trinajstić information content (AvgIpc) is 2.62. The molecule has 3 nitrogen and oxygen atoms in total. The topological polar surface area (TPSA) is 31.4 Å². The maximum atomic E-state index is 5.21. The molecule has 1 heterocycles. The normalized spacial score (nSPS) is 9.82. The number of aromatic nitrogens is 1. The quantitative estimate of drug-likeness (QED) is 0.685. The zero-order valence-electron chi connectivity index (χ0n) is 13.5. The van der Waals surface area contributed by atoms with E-state index < -0.39 is 0 Å². The van der Waals surface area contributed by atoms with Crippen LogP contribution in [0.2, 0.25) is 0 Å². The molecule has 0 radical (unpaired) electrons. The fourth-order valence-electron chi connectivity index (χ4n) is 2.17. The lowest BCUT2D eigenvalue weighted by Gasteiger charge is -2.06. The Morgan fingerprint density at radius 1 is 0.727 bits per heavy atom. The highest BCUT2D eigenvalue weighted by Crippen LogP contribution is 2.26. The molecular weight excluding hydrogens is 274 g/mol. The third kappa shape index (κ3) is 3.37. The molecule has 0 aliphatic rings. The van der Waals surface area contributed by atoms with Gasteiger partial charge in [0, 0.05) is 23.2 Å². The van der Waals surface area contributed by atoms with Crippen LogP contribution < -0.4 is 9.47 Å². The van der Waals surface area contributed by atoms with E-state index in [0.717, 1.165) is 33.5 Å². The summed E-state index contributed by atoms with van der Waals surface area (Å²) < 4.78 is 10.4. The molecule has 0 unspecified atom stereocenters. The molecule has 114 valence electrons. The second-order valence-corrected chi connectivity index (χ2v) is 4.51. The minimum absolute atomic E-state index is 0.821. The summed E-state index contributed by atoms with van der Waals surface area (Å²) in [6, 6.07) is 16.0. The van der Waals surface area contributed by atoms with Gasteiger partial charge in [-0.05, 0) is 35.9 Å². The first kappa shape index (κ1) is 15.8. The predicted molar refractivity (Wildman–Crippen MR) is 91.6 cm³/mol. The first-order valence-corrected chi connectivity index (χ1v) is 7.38. The summed E-state index contributed by atoms with van der Waals surface area (Å²) in [7, 11) is 3.33. The Balaban J connectivity index is 0.000000847. The minimum Gasteiger partial charge on any atom is -0.497 e. The van der Waals surface area contributed by atoms with Crippen molar-refractivity contribution in [3.8, 4) is 22.6 Å². The molecule has 0 saturated carbocycles. The van der Waals surface area contributed by atoms with E-state index in [1.807, 2.05) is 62.5 Å². The standard InChI is InChI=1S/C17H15NO2.C2H6/c1-19-15-6-3-12(4-7-15)14-9-13-5-8-16(20-2)10-17(13)18-11-14;1-2/h3-11H,1-2H3;1-2H3. The minimum atomic E-state index is 0.821. The molecule has 1 aromatic heterocycles. The number of hydrogen-bond acceptors (Lipinski definition) is 3. The number of methoxy groups -OCH3 is 2. The summed E-state index contributed by atoms with van der Waals surface area (Å²) in [5.74, 6) is 1.68. The zero-order chi connectivity index (χ0) is 15.9. The lowest BCUT2D eigenvalue weighted by molar-refractivity contribution is 0.415. The fourth-order valence-corrected chi connectivity index (χ4v) is 2.17. The van der Waals surface area contributed by atoms with Gasteiger partial charge in [0.15, 0.2) is 0 Å². The van der Waals surface area contributed by atoms with Crippen molar-refractivity contribution in [2.24, 2.45) is 0 Å². The van der Waals surface area contributed by atoms with Crippen LogP contribution in [0.1, 0.15) is 13.8 Å². The number of pyridine rings is 1. The molecule has 0 amide bonds. The van der Waals surface area contributed by atoms with Gasteiger partial charge in [-0.1, -0.05) is 26.0 Å². The van der Waals surface area contributed by atoms with Crippen LogP contribution in [0, 0.1) is 0 Å². The number of ether oxygens (including phenoxy) is 2. The highest BCUT2D eigenvalue weighted by molar-refractivity contribution is 5.84. The molecule has 0 bridgehead atoms. The van der Waals surface area contributed by atoms with Crippen molar-refractivity contribution < 1.29 is 9.47 Å². The first-order valence-electron chi connectivity index (χ1n) is 7.38. The van der Waals surface area contributed by atoms with E-state index >= 15 is 0 Å². The van der Waals surface area contributed by atoms with E-state index in [0.29, 0.717) is 0 Å². The van der Waals surface area contributed by atoms with E-state index in [1.165, 1.54) is 0 Å². The summed E-state index contributed by atoms with van der Waals surface area (Å²) in [6.45, 7) is 4.00. The number of fused-ring (bicyclic) bond motifs is 1. The van der Waals surface area contributed by atoms with Crippen molar-refractivity contribution >= 4 is 10.9 Å². The Labute approximate surface area is 131 Å². The smallest absolute Gasteiger partial charge is 0.121 e. The Bertz CT molecular complexity index is 736. The van der Waals surface area contributed by atoms with Gasteiger partial charge in [-0.2, -0.15) is 0 Å². The van der Waals surface area contributed by atoms with Gasteiger partial charge in [-0.25, -0.2) is 0 Å². The van der Waals surface area contributed by atoms with E-state index in [1.54, 1.807) is 14.2 Å². The fraction of sp³-hybridized carbons (Fsp3) is 0.211. The van der Waals surface area contributed by atoms with Crippen LogP contribution >= 0.6 is 0 Å². The molecule has 0 saturated heterocycles. The van der Waals surface area contributed by atoms with E-state index in [4.69, 9.17) is 9.47 Å². The zero-order valence-corrected chi connectivity index (χ0v) is 13.5. The summed E-state index contributed by atoms with van der Waals surface area (Å²) >= 11 is 0. The van der Waals surface area contributed by atoms with Crippen LogP contribution in [-0.4, -0.2) is 19.2 Å². The molecule has 0 spiro atoms. The molecule has 3 aromatic rings. The largest absolute Gasteiger partial charge is 0.497 e. The maximum Gasteiger partial charge on any atom is 0.121 e. The molecule has 3 rings (SSSR count). The second-order valence-electron chi connectivity index (χ2n) is 4.51. The van der Waals surface area contributed by atoms with E-state index in [-0.39, 0.29) is 0 Å². The van der Waals surface area contributed by atoms with Crippen LogP contribution in [0.25, 0.3) is 22.0 Å². The van der Waals surface area contributed by atoms with Crippen molar-refractivity contribution in [1.82, 2.24) is 4.98 Å². The molecule has 3 heteroatoms. The SMILES string of the molecule is CC.COc1ccc(-c2cnc3cc(OC)ccc3c2)cc1. The molecule has 22 heavy (non-hydrogen) atoms. The average molecular weight is 295 g/mol. The van der Waals surface area contributed by atoms with Crippen LogP contribution in [-0.2, 0) is 0 Å². The Morgan fingerprint density at radius 2 is 1.36 bits per heavy atom. The lowest BCUT2D eigenvalue weighted by Crippen LogP contribution is -1.87. The van der Waals surface area contributed by atoms with Crippen LogP contribution in [0.3, 0.4) is 0 Å². The second kappa shape index (κ2) is 7.46. The molecule has 2 aromatic carbocycles. The van der Waals surface area contributed by atoms with Gasteiger partial charge in [0.05, 0.1) is 19.7 Å². The molecule has 0 aliphatic carbocycles. The number of benzene rings is 2. The van der Waals surface area contributed by atoms with Gasteiger partial charge in [0.25, 0.3) is 0 Å². The van der Waals surface area contributed by atoms with Gasteiger partial charge < -0.3 is 9.47 Å². The van der Waals surface area contributed by atoms with Gasteiger partial charge >= 0.3 is 0 Å². The molecule has 0 aliphatic heterocycles. The van der Waals surface area contributed by atoms with Crippen molar-refractivity contribution in [1.29, 1.82) is 0 Å². The van der Waals surface area contributed by atoms with Crippen LogP contribution in [0.5, 0.6) is 11.5 Å². The highest BCUT2D eigenvalue weighted by Gasteiger charge is 2.02. The first-order chi connectivity index (χ1) is 10.8. The van der Waals surface area contributed by atoms with Gasteiger partial charge in [-0.3, -0.25) is 4.98 Å². The Hall–Kier alpha value is -2.55. The lowest BCUT2D eigenvalue weighted by atomic mass is 10.1. The maximum absolute atomic E-state index is 5.21. The molecule has 0 fully saturated rings. The van der Waals surface area contributed by atoms with Crippen LogP contribution in [0.15, 0.2) is 54.7 Å². The highest BCUT2D eigenvalue weighted by atomic mass is 16.5. The summed E-state index contributed by atoms with van der Waals surface area (Å²) in [5.41, 5.74) is 3.14. The third-order valence-corrected chi connectivity index (χ3v) is 3.31. The number of hydrogen-bond donors (Lipinski definition) is 0. The van der Waals surface area contributed by atoms with E-state index in [9.17, 15) is 0 Å². The molecule has 0 atom stereocenters. The summed E-state index contributed by atoms with van der Waals surface area (Å²) in [4.78, 5) is 4.50. The number of rotatable bonds is 3. The predicted octanol–water partition coefficient (Wildman–Crippen LogP) is 4.95. The van der Waals surface area contributed by atoms with Crippen molar-refractivity contribution in [2.75, 3.05) is 14.2 Å². The number of nitrogens with zero attached hydrogens (tertiary/aromatic N) is 1. The summed E-state index contributed by atoms with van der Waals surface area (Å²) in [5, 5.41) is 1.10.